The minimum absolute atomic E-state index is 0.437. The van der Waals surface area contributed by atoms with E-state index in [9.17, 15) is 0 Å². The molecule has 2 rings (SSSR count). The summed E-state index contributed by atoms with van der Waals surface area (Å²) in [4.78, 5) is 11.0. The lowest BCUT2D eigenvalue weighted by atomic mass is 10.1. The van der Waals surface area contributed by atoms with Gasteiger partial charge in [-0.2, -0.15) is 0 Å². The Kier molecular flexibility index (Phi) is 4.96. The molecule has 1 saturated heterocycles. The fourth-order valence-corrected chi connectivity index (χ4v) is 2.35. The van der Waals surface area contributed by atoms with E-state index in [1.807, 2.05) is 6.07 Å². The molecule has 1 unspecified atom stereocenters. The van der Waals surface area contributed by atoms with Crippen molar-refractivity contribution in [2.75, 3.05) is 30.4 Å². The lowest BCUT2D eigenvalue weighted by Gasteiger charge is -2.32. The van der Waals surface area contributed by atoms with Crippen molar-refractivity contribution in [3.63, 3.8) is 0 Å². The van der Waals surface area contributed by atoms with Crippen molar-refractivity contribution >= 4 is 11.6 Å². The molecule has 1 atom stereocenters. The number of hydrogen-bond acceptors (Lipinski definition) is 5. The van der Waals surface area contributed by atoms with Crippen LogP contribution in [-0.4, -0.2) is 42.2 Å². The summed E-state index contributed by atoms with van der Waals surface area (Å²) in [7, 11) is 2.13. The van der Waals surface area contributed by atoms with E-state index in [0.717, 1.165) is 31.1 Å². The molecule has 0 aromatic carbocycles. The van der Waals surface area contributed by atoms with Gasteiger partial charge >= 0.3 is 0 Å². The molecular weight excluding hydrogens is 238 g/mol. The van der Waals surface area contributed by atoms with Gasteiger partial charge in [0.25, 0.3) is 0 Å². The Hall–Kier alpha value is -1.36. The van der Waals surface area contributed by atoms with E-state index in [4.69, 9.17) is 0 Å². The van der Waals surface area contributed by atoms with Gasteiger partial charge in [-0.1, -0.05) is 6.92 Å². The normalized spacial score (nSPS) is 18.1. The predicted molar refractivity (Wildman–Crippen MR) is 79.7 cm³/mol. The summed E-state index contributed by atoms with van der Waals surface area (Å²) in [5, 5.41) is 6.79. The number of aromatic nitrogens is 2. The van der Waals surface area contributed by atoms with E-state index < -0.39 is 0 Å². The quantitative estimate of drug-likeness (QED) is 0.849. The zero-order valence-electron chi connectivity index (χ0n) is 12.2. The molecule has 19 heavy (non-hydrogen) atoms. The smallest absolute Gasteiger partial charge is 0.134 e. The van der Waals surface area contributed by atoms with E-state index in [-0.39, 0.29) is 0 Å². The predicted octanol–water partition coefficient (Wildman–Crippen LogP) is 1.88. The number of nitrogens with one attached hydrogen (secondary N) is 2. The summed E-state index contributed by atoms with van der Waals surface area (Å²) in [6.07, 6.45) is 5.09. The Morgan fingerprint density at radius 2 is 2.16 bits per heavy atom. The van der Waals surface area contributed by atoms with Crippen molar-refractivity contribution in [2.24, 2.45) is 0 Å². The van der Waals surface area contributed by atoms with E-state index in [1.54, 1.807) is 6.33 Å². The highest BCUT2D eigenvalue weighted by molar-refractivity contribution is 5.49. The van der Waals surface area contributed by atoms with Gasteiger partial charge in [-0.15, -0.1) is 0 Å². The molecule has 0 radical (unpaired) electrons. The largest absolute Gasteiger partial charge is 0.367 e. The summed E-state index contributed by atoms with van der Waals surface area (Å²) in [6, 6.07) is 3.06. The molecule has 1 fully saturated rings. The third kappa shape index (κ3) is 3.80. The first-order valence-electron chi connectivity index (χ1n) is 7.22. The van der Waals surface area contributed by atoms with Crippen LogP contribution in [0.5, 0.6) is 0 Å². The molecule has 1 aromatic rings. The molecule has 5 nitrogen and oxygen atoms in total. The van der Waals surface area contributed by atoms with Gasteiger partial charge in [0.2, 0.25) is 0 Å². The van der Waals surface area contributed by atoms with Crippen molar-refractivity contribution in [2.45, 2.75) is 45.2 Å². The monoisotopic (exact) mass is 263 g/mol. The summed E-state index contributed by atoms with van der Waals surface area (Å²) in [6.45, 7) is 6.52. The van der Waals surface area contributed by atoms with Gasteiger partial charge in [0, 0.05) is 25.2 Å². The topological polar surface area (TPSA) is 53.1 Å². The van der Waals surface area contributed by atoms with Gasteiger partial charge in [0.15, 0.2) is 0 Å². The lowest BCUT2D eigenvalue weighted by molar-refractivity contribution is 0.441. The van der Waals surface area contributed by atoms with Crippen LogP contribution in [0.3, 0.4) is 0 Å². The Balaban J connectivity index is 2.04. The second-order valence-electron chi connectivity index (χ2n) is 5.31. The fourth-order valence-electron chi connectivity index (χ4n) is 2.35. The minimum atomic E-state index is 0.437. The van der Waals surface area contributed by atoms with Crippen LogP contribution in [0.15, 0.2) is 12.4 Å². The Bertz CT molecular complexity index is 389. The van der Waals surface area contributed by atoms with E-state index in [0.29, 0.717) is 12.1 Å². The van der Waals surface area contributed by atoms with Gasteiger partial charge in [-0.25, -0.2) is 9.97 Å². The molecule has 1 aliphatic rings. The number of piperidine rings is 1. The standard InChI is InChI=1S/C14H25N5/c1-4-11(2)18-13-9-14(17-10-16-13)19(3)12-5-7-15-8-6-12/h9-12,15H,4-8H2,1-3H3,(H,16,17,18). The van der Waals surface area contributed by atoms with Crippen LogP contribution in [0.1, 0.15) is 33.1 Å². The van der Waals surface area contributed by atoms with E-state index in [2.05, 4.69) is 46.4 Å². The van der Waals surface area contributed by atoms with Gasteiger partial charge in [0.05, 0.1) is 0 Å². The second-order valence-corrected chi connectivity index (χ2v) is 5.31. The molecule has 2 heterocycles. The second kappa shape index (κ2) is 6.70. The number of anilines is 2. The maximum Gasteiger partial charge on any atom is 0.134 e. The van der Waals surface area contributed by atoms with Crippen LogP contribution in [0.4, 0.5) is 11.6 Å². The Morgan fingerprint density at radius 1 is 1.42 bits per heavy atom. The zero-order chi connectivity index (χ0) is 13.7. The molecule has 1 aliphatic heterocycles. The Morgan fingerprint density at radius 3 is 2.84 bits per heavy atom. The number of rotatable bonds is 5. The highest BCUT2D eigenvalue weighted by atomic mass is 15.2. The SMILES string of the molecule is CCC(C)Nc1cc(N(C)C2CCNCC2)ncn1. The Labute approximate surface area is 115 Å². The van der Waals surface area contributed by atoms with Crippen molar-refractivity contribution in [1.82, 2.24) is 15.3 Å². The first kappa shape index (κ1) is 14.1. The van der Waals surface area contributed by atoms with Gasteiger partial charge in [-0.3, -0.25) is 0 Å². The molecule has 5 heteroatoms. The van der Waals surface area contributed by atoms with E-state index >= 15 is 0 Å². The van der Waals surface area contributed by atoms with Crippen LogP contribution in [-0.2, 0) is 0 Å². The maximum absolute atomic E-state index is 4.40. The van der Waals surface area contributed by atoms with Crippen LogP contribution in [0.25, 0.3) is 0 Å². The summed E-state index contributed by atoms with van der Waals surface area (Å²) in [5.41, 5.74) is 0. The first-order valence-corrected chi connectivity index (χ1v) is 7.22. The molecule has 0 saturated carbocycles. The maximum atomic E-state index is 4.40. The highest BCUT2D eigenvalue weighted by Crippen LogP contribution is 2.19. The first-order chi connectivity index (χ1) is 9.20. The fraction of sp³-hybridized carbons (Fsp3) is 0.714. The van der Waals surface area contributed by atoms with Crippen molar-refractivity contribution < 1.29 is 0 Å². The molecule has 106 valence electrons. The molecule has 0 bridgehead atoms. The van der Waals surface area contributed by atoms with Crippen LogP contribution >= 0.6 is 0 Å². The third-order valence-corrected chi connectivity index (χ3v) is 3.88. The van der Waals surface area contributed by atoms with Gasteiger partial charge < -0.3 is 15.5 Å². The van der Waals surface area contributed by atoms with Crippen molar-refractivity contribution in [3.8, 4) is 0 Å². The third-order valence-electron chi connectivity index (χ3n) is 3.88. The van der Waals surface area contributed by atoms with Gasteiger partial charge in [-0.05, 0) is 39.3 Å². The number of nitrogens with zero attached hydrogens (tertiary/aromatic N) is 3. The molecule has 0 aliphatic carbocycles. The summed E-state index contributed by atoms with van der Waals surface area (Å²) in [5.74, 6) is 1.92. The van der Waals surface area contributed by atoms with Gasteiger partial charge in [0.1, 0.15) is 18.0 Å². The molecule has 2 N–H and O–H groups in total. The van der Waals surface area contributed by atoms with Crippen LogP contribution in [0, 0.1) is 0 Å². The molecular formula is C14H25N5. The molecule has 0 spiro atoms. The highest BCUT2D eigenvalue weighted by Gasteiger charge is 2.19. The van der Waals surface area contributed by atoms with Crippen LogP contribution in [0.2, 0.25) is 0 Å². The molecule has 1 aromatic heterocycles. The minimum Gasteiger partial charge on any atom is -0.367 e. The summed E-state index contributed by atoms with van der Waals surface area (Å²) < 4.78 is 0. The number of hydrogen-bond donors (Lipinski definition) is 2. The average Bonchev–Trinajstić information content (AvgIpc) is 2.47. The zero-order valence-corrected chi connectivity index (χ0v) is 12.2. The lowest BCUT2D eigenvalue weighted by Crippen LogP contribution is -2.41. The van der Waals surface area contributed by atoms with Crippen molar-refractivity contribution in [3.05, 3.63) is 12.4 Å². The van der Waals surface area contributed by atoms with Crippen molar-refractivity contribution in [1.29, 1.82) is 0 Å². The van der Waals surface area contributed by atoms with E-state index in [1.165, 1.54) is 12.8 Å². The average molecular weight is 263 g/mol. The molecule has 0 amide bonds. The summed E-state index contributed by atoms with van der Waals surface area (Å²) >= 11 is 0. The van der Waals surface area contributed by atoms with Crippen LogP contribution < -0.4 is 15.5 Å².